The van der Waals surface area contributed by atoms with Crippen LogP contribution in [-0.4, -0.2) is 16.0 Å². The van der Waals surface area contributed by atoms with Crippen LogP contribution in [0.25, 0.3) is 0 Å². The van der Waals surface area contributed by atoms with Crippen LogP contribution in [0.1, 0.15) is 59.3 Å². The third-order valence-corrected chi connectivity index (χ3v) is 9.83. The Balaban J connectivity index is 1.80. The maximum Gasteiger partial charge on any atom is 0.178 e. The Hall–Kier alpha value is -0.270. The van der Waals surface area contributed by atoms with Gasteiger partial charge in [-0.1, -0.05) is 38.8 Å². The molecule has 1 nitrogen and oxygen atoms in total. The van der Waals surface area contributed by atoms with Gasteiger partial charge in [-0.25, -0.2) is 0 Å². The van der Waals surface area contributed by atoms with Crippen LogP contribution in [0, 0.1) is 28.6 Å². The van der Waals surface area contributed by atoms with Crippen LogP contribution in [0.2, 0.25) is 0 Å². The summed E-state index contributed by atoms with van der Waals surface area (Å²) in [7, 11) is 0. The van der Waals surface area contributed by atoms with E-state index >= 15 is 0 Å². The molecule has 0 aromatic heterocycles. The average molecular weight is 367 g/mol. The number of carbonyl (C=O) groups excluding carboxylic acids is 1. The first-order chi connectivity index (χ1) is 11.3. The summed E-state index contributed by atoms with van der Waals surface area (Å²) in [6.07, 6.45) is 12.5. The Kier molecular flexibility index (Phi) is 3.84. The zero-order chi connectivity index (χ0) is 17.3. The van der Waals surface area contributed by atoms with Crippen molar-refractivity contribution in [2.75, 3.05) is 0 Å². The second kappa shape index (κ2) is 5.36. The van der Waals surface area contributed by atoms with Crippen LogP contribution in [0.15, 0.2) is 23.8 Å². The van der Waals surface area contributed by atoms with Crippen molar-refractivity contribution in [3.8, 4) is 0 Å². The zero-order valence-corrected chi connectivity index (χ0v) is 16.5. The predicted octanol–water partition coefficient (Wildman–Crippen LogP) is 5.90. The highest BCUT2D eigenvalue weighted by Crippen LogP contribution is 2.70. The lowest BCUT2D eigenvalue weighted by molar-refractivity contribution is -0.111. The molecular weight excluding hydrogens is 339 g/mol. The maximum absolute atomic E-state index is 11.9. The fraction of sp³-hybridized carbons (Fsp3) is 0.762. The van der Waals surface area contributed by atoms with Gasteiger partial charge in [0.2, 0.25) is 0 Å². The van der Waals surface area contributed by atoms with Gasteiger partial charge in [-0.2, -0.15) is 0 Å². The molecule has 4 aliphatic rings. The lowest BCUT2D eigenvalue weighted by Gasteiger charge is -2.63. The number of fused-ring (bicyclic) bond motifs is 5. The van der Waals surface area contributed by atoms with Gasteiger partial charge in [0.25, 0.3) is 0 Å². The van der Waals surface area contributed by atoms with Crippen LogP contribution in [0.5, 0.6) is 0 Å². The van der Waals surface area contributed by atoms with Crippen molar-refractivity contribution in [2.24, 2.45) is 28.6 Å². The van der Waals surface area contributed by atoms with Crippen molar-refractivity contribution >= 4 is 29.0 Å². The smallest absolute Gasteiger partial charge is 0.178 e. The van der Waals surface area contributed by atoms with E-state index in [1.165, 1.54) is 24.8 Å². The van der Waals surface area contributed by atoms with Crippen LogP contribution < -0.4 is 0 Å². The van der Waals surface area contributed by atoms with E-state index in [0.717, 1.165) is 25.2 Å². The van der Waals surface area contributed by atoms with E-state index in [2.05, 4.69) is 26.8 Å². The summed E-state index contributed by atoms with van der Waals surface area (Å²) >= 11 is 14.6. The van der Waals surface area contributed by atoms with Gasteiger partial charge in [-0.05, 0) is 67.4 Å². The van der Waals surface area contributed by atoms with E-state index in [1.54, 1.807) is 6.08 Å². The SMILES string of the molecule is CC[C@H]1CC[C@H]2[C@@H]3CCC4=CC(=O)C=C[C@]4(C)[C@@]3(Cl)C(Cl)C[C@]12C. The van der Waals surface area contributed by atoms with Crippen molar-refractivity contribution in [3.05, 3.63) is 23.8 Å². The van der Waals surface area contributed by atoms with E-state index in [-0.39, 0.29) is 16.6 Å². The molecule has 3 saturated carbocycles. The Labute approximate surface area is 155 Å². The zero-order valence-electron chi connectivity index (χ0n) is 14.9. The van der Waals surface area contributed by atoms with Gasteiger partial charge in [0.1, 0.15) is 0 Å². The first kappa shape index (κ1) is 17.2. The third-order valence-electron chi connectivity index (χ3n) is 8.28. The van der Waals surface area contributed by atoms with Crippen LogP contribution >= 0.6 is 23.2 Å². The summed E-state index contributed by atoms with van der Waals surface area (Å²) in [6.45, 7) is 7.01. The Bertz CT molecular complexity index is 638. The van der Waals surface area contributed by atoms with Crippen molar-refractivity contribution in [1.29, 1.82) is 0 Å². The molecule has 1 unspecified atom stereocenters. The molecule has 0 radical (unpaired) electrons. The van der Waals surface area contributed by atoms with E-state index in [9.17, 15) is 4.79 Å². The molecular formula is C21H28Cl2O. The number of hydrogen-bond donors (Lipinski definition) is 0. The Morgan fingerprint density at radius 1 is 1.21 bits per heavy atom. The van der Waals surface area contributed by atoms with Crippen LogP contribution in [0.3, 0.4) is 0 Å². The van der Waals surface area contributed by atoms with E-state index < -0.39 is 4.87 Å². The minimum Gasteiger partial charge on any atom is -0.290 e. The molecule has 3 fully saturated rings. The summed E-state index contributed by atoms with van der Waals surface area (Å²) in [5.41, 5.74) is 1.24. The van der Waals surface area contributed by atoms with Gasteiger partial charge in [-0.3, -0.25) is 4.79 Å². The van der Waals surface area contributed by atoms with Crippen LogP contribution in [-0.2, 0) is 4.79 Å². The maximum atomic E-state index is 11.9. The summed E-state index contributed by atoms with van der Waals surface area (Å²) in [5, 5.41) is -0.0517. The lowest BCUT2D eigenvalue weighted by Crippen LogP contribution is -2.64. The van der Waals surface area contributed by atoms with Gasteiger partial charge < -0.3 is 0 Å². The highest BCUT2D eigenvalue weighted by atomic mass is 35.5. The standard InChI is InChI=1S/C21H28Cl2O/c1-4-13-5-7-16-17-8-6-14-11-15(24)9-10-20(14,3)21(17,23)18(22)12-19(13,16)2/h9-11,13,16-18H,4-8,12H2,1-3H3/t13-,16-,17-,18?,19+,20-,21-/m0/s1. The number of ketones is 1. The van der Waals surface area contributed by atoms with Crippen molar-refractivity contribution in [2.45, 2.75) is 69.5 Å². The minimum atomic E-state index is -0.470. The number of allylic oxidation sites excluding steroid dienone is 4. The van der Waals surface area contributed by atoms with Crippen molar-refractivity contribution in [3.63, 3.8) is 0 Å². The molecule has 4 rings (SSSR count). The third kappa shape index (κ3) is 1.92. The molecule has 24 heavy (non-hydrogen) atoms. The molecule has 0 spiro atoms. The summed E-state index contributed by atoms with van der Waals surface area (Å²) < 4.78 is 0. The highest BCUT2D eigenvalue weighted by molar-refractivity contribution is 6.34. The molecule has 0 aromatic carbocycles. The quantitative estimate of drug-likeness (QED) is 0.528. The number of halogens is 2. The molecule has 0 aliphatic heterocycles. The molecule has 0 saturated heterocycles. The first-order valence-corrected chi connectivity index (χ1v) is 10.4. The molecule has 0 N–H and O–H groups in total. The highest BCUT2D eigenvalue weighted by Gasteiger charge is 2.68. The van der Waals surface area contributed by atoms with Crippen LogP contribution in [0.4, 0.5) is 0 Å². The van der Waals surface area contributed by atoms with Gasteiger partial charge in [0, 0.05) is 5.41 Å². The van der Waals surface area contributed by atoms with E-state index in [0.29, 0.717) is 17.3 Å². The Morgan fingerprint density at radius 3 is 2.67 bits per heavy atom. The second-order valence-corrected chi connectivity index (χ2v) is 10.1. The minimum absolute atomic E-state index is 0.0517. The molecule has 7 atom stereocenters. The lowest BCUT2D eigenvalue weighted by atomic mass is 9.47. The largest absolute Gasteiger partial charge is 0.290 e. The fourth-order valence-electron chi connectivity index (χ4n) is 6.92. The molecule has 0 amide bonds. The molecule has 3 heteroatoms. The summed E-state index contributed by atoms with van der Waals surface area (Å²) in [4.78, 5) is 11.4. The number of carbonyl (C=O) groups is 1. The first-order valence-electron chi connectivity index (χ1n) is 9.54. The molecule has 0 bridgehead atoms. The normalized spacial score (nSPS) is 53.2. The second-order valence-electron chi connectivity index (χ2n) is 8.99. The topological polar surface area (TPSA) is 17.1 Å². The number of hydrogen-bond acceptors (Lipinski definition) is 1. The van der Waals surface area contributed by atoms with E-state index in [1.807, 2.05) is 6.08 Å². The summed E-state index contributed by atoms with van der Waals surface area (Å²) in [5.74, 6) is 1.98. The Morgan fingerprint density at radius 2 is 1.96 bits per heavy atom. The molecule has 0 heterocycles. The fourth-order valence-corrected chi connectivity index (χ4v) is 8.16. The van der Waals surface area contributed by atoms with Gasteiger partial charge in [-0.15, -0.1) is 23.2 Å². The van der Waals surface area contributed by atoms with Gasteiger partial charge in [0.15, 0.2) is 5.78 Å². The van der Waals surface area contributed by atoms with Gasteiger partial charge >= 0.3 is 0 Å². The summed E-state index contributed by atoms with van der Waals surface area (Å²) in [6, 6.07) is 0. The number of rotatable bonds is 1. The molecule has 4 aliphatic carbocycles. The molecule has 0 aromatic rings. The number of alkyl halides is 2. The van der Waals surface area contributed by atoms with Crippen molar-refractivity contribution in [1.82, 2.24) is 0 Å². The average Bonchev–Trinajstić information content (AvgIpc) is 2.86. The van der Waals surface area contributed by atoms with Gasteiger partial charge in [0.05, 0.1) is 10.3 Å². The predicted molar refractivity (Wildman–Crippen MR) is 101 cm³/mol. The van der Waals surface area contributed by atoms with E-state index in [4.69, 9.17) is 23.2 Å². The van der Waals surface area contributed by atoms with Crippen molar-refractivity contribution < 1.29 is 4.79 Å². The monoisotopic (exact) mass is 366 g/mol. The molecule has 132 valence electrons.